The molecule has 0 aliphatic heterocycles. The van der Waals surface area contributed by atoms with Crippen molar-refractivity contribution in [3.63, 3.8) is 0 Å². The molecule has 12 heteroatoms. The second-order valence-electron chi connectivity index (χ2n) is 4.98. The van der Waals surface area contributed by atoms with Crippen LogP contribution in [0.2, 0.25) is 0 Å². The van der Waals surface area contributed by atoms with Gasteiger partial charge in [-0.1, -0.05) is 11.8 Å². The molecule has 0 amide bonds. The maximum Gasteiger partial charge on any atom is 0.231 e. The number of rotatable bonds is 9. The average molecular weight is 409 g/mol. The lowest BCUT2D eigenvalue weighted by Crippen LogP contribution is -2.27. The number of nitrogens with two attached hydrogens (primary N) is 1. The van der Waals surface area contributed by atoms with Crippen molar-refractivity contribution in [2.24, 2.45) is 15.7 Å². The maximum absolute atomic E-state index is 11.2. The lowest BCUT2D eigenvalue weighted by Gasteiger charge is -2.04. The van der Waals surface area contributed by atoms with Gasteiger partial charge in [-0.2, -0.15) is 0 Å². The zero-order chi connectivity index (χ0) is 18.7. The van der Waals surface area contributed by atoms with Crippen LogP contribution in [0.5, 0.6) is 0 Å². The molecule has 0 spiro atoms. The molecule has 0 saturated carbocycles. The van der Waals surface area contributed by atoms with E-state index in [-0.39, 0.29) is 19.1 Å². The molecule has 25 heavy (non-hydrogen) atoms. The summed E-state index contributed by atoms with van der Waals surface area (Å²) in [5.41, 5.74) is 6.60. The molecule has 0 aliphatic rings. The molecule has 0 radical (unpaired) electrons. The number of nitrogens with zero attached hydrogens (tertiary/aromatic N) is 3. The number of nitrogens with one attached hydrogen (secondary N) is 2. The molecule has 0 fully saturated rings. The summed E-state index contributed by atoms with van der Waals surface area (Å²) in [6.07, 6.45) is 5.40. The monoisotopic (exact) mass is 408 g/mol. The Morgan fingerprint density at radius 2 is 2.16 bits per heavy atom. The number of anilines is 1. The van der Waals surface area contributed by atoms with Crippen molar-refractivity contribution in [3.8, 4) is 0 Å². The first kappa shape index (κ1) is 21.7. The minimum absolute atomic E-state index is 0.0497. The number of aliphatic imine (C=N–C) groups is 2. The van der Waals surface area contributed by atoms with Crippen LogP contribution in [0.1, 0.15) is 18.5 Å². The van der Waals surface area contributed by atoms with Crippen LogP contribution < -0.4 is 15.8 Å². The largest absolute Gasteiger partial charge is 0.394 e. The number of aromatic nitrogens is 1. The van der Waals surface area contributed by atoms with E-state index in [0.717, 1.165) is 31.2 Å². The van der Waals surface area contributed by atoms with Crippen LogP contribution in [0.4, 0.5) is 5.13 Å². The number of aliphatic hydroxyl groups excluding tert-OH is 1. The fraction of sp³-hybridized carbons (Fsp3) is 0.615. The lowest BCUT2D eigenvalue weighted by atomic mass is 10.2. The summed E-state index contributed by atoms with van der Waals surface area (Å²) < 4.78 is 24.7. The van der Waals surface area contributed by atoms with E-state index in [9.17, 15) is 8.42 Å². The van der Waals surface area contributed by atoms with Crippen molar-refractivity contribution >= 4 is 49.4 Å². The third-order valence-electron chi connectivity index (χ3n) is 2.73. The van der Waals surface area contributed by atoms with Crippen LogP contribution >= 0.6 is 23.1 Å². The first-order chi connectivity index (χ1) is 11.8. The van der Waals surface area contributed by atoms with E-state index in [1.807, 2.05) is 5.38 Å². The Morgan fingerprint density at radius 1 is 1.40 bits per heavy atom. The van der Waals surface area contributed by atoms with Crippen molar-refractivity contribution in [2.75, 3.05) is 37.5 Å². The number of sulfonamides is 1. The maximum atomic E-state index is 11.2. The van der Waals surface area contributed by atoms with E-state index in [1.54, 1.807) is 6.26 Å². The van der Waals surface area contributed by atoms with Crippen molar-refractivity contribution in [2.45, 2.75) is 19.3 Å². The van der Waals surface area contributed by atoms with Gasteiger partial charge in [-0.05, 0) is 25.5 Å². The third-order valence-corrected chi connectivity index (χ3v) is 4.85. The number of thiazole rings is 1. The lowest BCUT2D eigenvalue weighted by molar-refractivity contribution is 0.307. The molecule has 1 aromatic rings. The van der Waals surface area contributed by atoms with Gasteiger partial charge < -0.3 is 16.2 Å². The highest BCUT2D eigenvalue weighted by Crippen LogP contribution is 2.16. The van der Waals surface area contributed by atoms with Gasteiger partial charge >= 0.3 is 0 Å². The van der Waals surface area contributed by atoms with Crippen LogP contribution in [0.3, 0.4) is 0 Å². The van der Waals surface area contributed by atoms with Gasteiger partial charge in [0, 0.05) is 11.9 Å². The summed E-state index contributed by atoms with van der Waals surface area (Å²) >= 11 is 2.70. The molecule has 0 aromatic carbocycles. The van der Waals surface area contributed by atoms with Crippen molar-refractivity contribution in [3.05, 3.63) is 11.1 Å². The van der Waals surface area contributed by atoms with E-state index in [0.29, 0.717) is 16.8 Å². The highest BCUT2D eigenvalue weighted by molar-refractivity contribution is 8.14. The number of aryl methyl sites for hydroxylation is 1. The Kier molecular flexibility index (Phi) is 9.78. The van der Waals surface area contributed by atoms with E-state index in [2.05, 4.69) is 25.0 Å². The van der Waals surface area contributed by atoms with E-state index < -0.39 is 10.0 Å². The second kappa shape index (κ2) is 11.3. The predicted octanol–water partition coefficient (Wildman–Crippen LogP) is 0.453. The molecule has 5 N–H and O–H groups in total. The number of thioether (sulfide) groups is 1. The molecule has 0 bridgehead atoms. The quantitative estimate of drug-likeness (QED) is 0.264. The molecule has 0 aliphatic carbocycles. The number of aliphatic hydroxyl groups is 1. The first-order valence-electron chi connectivity index (χ1n) is 7.52. The zero-order valence-corrected chi connectivity index (χ0v) is 16.7. The standard InChI is InChI=1S/C13H24N6O3S3/c1-23-12(19-25(2,21)22)16-6-4-3-5-10-9-24-13(17-10)18-11(14)15-7-8-20/h9,20H,3-8H2,1-2H3,(H,16,19)(H3,14,15,17,18). The van der Waals surface area contributed by atoms with E-state index in [1.165, 1.54) is 23.1 Å². The van der Waals surface area contributed by atoms with Gasteiger partial charge in [-0.25, -0.2) is 13.4 Å². The predicted molar refractivity (Wildman–Crippen MR) is 106 cm³/mol. The van der Waals surface area contributed by atoms with Gasteiger partial charge in [0.15, 0.2) is 16.3 Å². The fourth-order valence-corrected chi connectivity index (χ4v) is 3.84. The molecule has 1 aromatic heterocycles. The second-order valence-corrected chi connectivity index (χ2v) is 8.38. The minimum Gasteiger partial charge on any atom is -0.394 e. The fourth-order valence-electron chi connectivity index (χ4n) is 1.69. The van der Waals surface area contributed by atoms with Gasteiger partial charge in [-0.15, -0.1) is 11.3 Å². The zero-order valence-electron chi connectivity index (χ0n) is 14.2. The summed E-state index contributed by atoms with van der Waals surface area (Å²) in [5.74, 6) is 0.229. The van der Waals surface area contributed by atoms with Gasteiger partial charge in [0.05, 0.1) is 25.1 Å². The Bertz CT molecular complexity index is 687. The number of unbranched alkanes of at least 4 members (excludes halogenated alkanes) is 1. The SMILES string of the molecule is CSC(=NCCCCc1csc(NC(N)=NCCO)n1)NS(C)(=O)=O. The Hall–Kier alpha value is -1.37. The van der Waals surface area contributed by atoms with E-state index >= 15 is 0 Å². The number of amidine groups is 1. The highest BCUT2D eigenvalue weighted by Gasteiger charge is 2.05. The first-order valence-corrected chi connectivity index (χ1v) is 11.5. The Balaban J connectivity index is 2.35. The van der Waals surface area contributed by atoms with Crippen molar-refractivity contribution < 1.29 is 13.5 Å². The molecule has 1 rings (SSSR count). The van der Waals surface area contributed by atoms with Crippen molar-refractivity contribution in [1.29, 1.82) is 0 Å². The highest BCUT2D eigenvalue weighted by atomic mass is 32.2. The topological polar surface area (TPSA) is 142 Å². The normalized spacial score (nSPS) is 13.1. The molecule has 1 heterocycles. The number of guanidine groups is 1. The molecule has 0 saturated heterocycles. The van der Waals surface area contributed by atoms with Gasteiger partial charge in [0.1, 0.15) is 0 Å². The molecule has 0 atom stereocenters. The molecule has 9 nitrogen and oxygen atoms in total. The molecular weight excluding hydrogens is 384 g/mol. The molecule has 0 unspecified atom stereocenters. The number of hydrogen-bond acceptors (Lipinski definition) is 8. The Morgan fingerprint density at radius 3 is 2.80 bits per heavy atom. The van der Waals surface area contributed by atoms with Crippen molar-refractivity contribution in [1.82, 2.24) is 9.71 Å². The smallest absolute Gasteiger partial charge is 0.231 e. The van der Waals surface area contributed by atoms with Crippen LogP contribution in [-0.2, 0) is 16.4 Å². The number of hydrogen-bond donors (Lipinski definition) is 4. The summed E-state index contributed by atoms with van der Waals surface area (Å²) in [7, 11) is -3.29. The van der Waals surface area contributed by atoms with Gasteiger partial charge in [0.25, 0.3) is 0 Å². The average Bonchev–Trinajstić information content (AvgIpc) is 2.97. The van der Waals surface area contributed by atoms with E-state index in [4.69, 9.17) is 10.8 Å². The van der Waals surface area contributed by atoms with Gasteiger partial charge in [-0.3, -0.25) is 14.7 Å². The third kappa shape index (κ3) is 10.3. The summed E-state index contributed by atoms with van der Waals surface area (Å²) in [4.78, 5) is 12.6. The molecule has 142 valence electrons. The Labute approximate surface area is 156 Å². The van der Waals surface area contributed by atoms with Crippen LogP contribution in [0.25, 0.3) is 0 Å². The van der Waals surface area contributed by atoms with Crippen LogP contribution in [-0.4, -0.2) is 61.8 Å². The summed E-state index contributed by atoms with van der Waals surface area (Å²) in [6.45, 7) is 0.754. The van der Waals surface area contributed by atoms with Crippen LogP contribution in [0, 0.1) is 0 Å². The summed E-state index contributed by atoms with van der Waals surface area (Å²) in [6, 6.07) is 0. The van der Waals surface area contributed by atoms with Gasteiger partial charge in [0.2, 0.25) is 10.0 Å². The van der Waals surface area contributed by atoms with Crippen LogP contribution in [0.15, 0.2) is 15.4 Å². The molecular formula is C13H24N6O3S3. The summed E-state index contributed by atoms with van der Waals surface area (Å²) in [5, 5.41) is 14.6. The minimum atomic E-state index is -3.29.